The number of aryl methyl sites for hydroxylation is 1. The third-order valence-corrected chi connectivity index (χ3v) is 15.4. The lowest BCUT2D eigenvalue weighted by atomic mass is 10.1. The number of primary amides is 1. The third-order valence-electron chi connectivity index (χ3n) is 14.4. The molecule has 0 aliphatic carbocycles. The number of nitrogens with two attached hydrogens (primary N) is 1. The molecule has 0 radical (unpaired) electrons. The van der Waals surface area contributed by atoms with E-state index in [2.05, 4.69) is 25.3 Å². The van der Waals surface area contributed by atoms with Crippen molar-refractivity contribution in [3.8, 4) is 0 Å². The van der Waals surface area contributed by atoms with Gasteiger partial charge in [0.1, 0.15) is 29.4 Å². The average molecular weight is 1020 g/mol. The zero-order valence-corrected chi connectivity index (χ0v) is 40.6. The van der Waals surface area contributed by atoms with Gasteiger partial charge in [0, 0.05) is 94.1 Å². The maximum atomic E-state index is 14.2. The van der Waals surface area contributed by atoms with E-state index in [1.54, 1.807) is 14.7 Å². The predicted molar refractivity (Wildman–Crippen MR) is 269 cm³/mol. The van der Waals surface area contributed by atoms with Gasteiger partial charge in [-0.25, -0.2) is 14.2 Å². The van der Waals surface area contributed by atoms with Crippen LogP contribution in [-0.2, 0) is 37.6 Å². The summed E-state index contributed by atoms with van der Waals surface area (Å²) >= 11 is 0. The van der Waals surface area contributed by atoms with Crippen molar-refractivity contribution >= 4 is 81.3 Å². The first-order valence-electron chi connectivity index (χ1n) is 24.3. The van der Waals surface area contributed by atoms with Crippen molar-refractivity contribution < 1.29 is 47.5 Å². The Bertz CT molecular complexity index is 3580. The van der Waals surface area contributed by atoms with Crippen molar-refractivity contribution in [1.29, 1.82) is 0 Å². The van der Waals surface area contributed by atoms with Crippen molar-refractivity contribution in [3.63, 3.8) is 0 Å². The van der Waals surface area contributed by atoms with E-state index in [1.807, 2.05) is 54.6 Å². The second kappa shape index (κ2) is 18.9. The Morgan fingerprint density at radius 3 is 1.84 bits per heavy atom. The Balaban J connectivity index is 0.651. The number of benzene rings is 3. The smallest absolute Gasteiger partial charge is 0.390 e. The fourth-order valence-corrected chi connectivity index (χ4v) is 11.5. The number of ether oxygens (including phenoxy) is 1. The molecule has 0 bridgehead atoms. The van der Waals surface area contributed by atoms with Crippen LogP contribution in [-0.4, -0.2) is 110 Å². The first kappa shape index (κ1) is 48.0. The molecule has 4 aliphatic rings. The Kier molecular flexibility index (Phi) is 12.4. The normalized spacial score (nSPS) is 19.0. The van der Waals surface area contributed by atoms with Gasteiger partial charge < -0.3 is 50.5 Å². The van der Waals surface area contributed by atoms with E-state index in [1.165, 1.54) is 13.1 Å². The number of hydrogen-bond acceptors (Lipinski definition) is 11. The molecule has 9 N–H and O–H groups in total. The molecule has 73 heavy (non-hydrogen) atoms. The standard InChI is InChI=1S/C50H53N10O12P/c1-26-24-60(50(67)56-45(26)62)44-23-42(61)43(72-44)25-71-73(68,69)70-19-5-3-2-4-15-52-46(63)36-20-30-27-12-16-57(39(27)9-6-33(30)53-36)47(64)37-21-31-28-13-17-58(40(28)10-7-34(31)54-37)48(65)38-22-32-29-14-18-59(49(51)66)41(29)11-8-35(32)55-38/h6-11,20-22,24,42-44,53-55,61H,2-5,12-19,23,25H2,1H3,(H2,51,66)(H,52,63)(H,68,69)(H,56,62,67). The topological polar surface area (TPSA) is 304 Å². The SMILES string of the molecule is Cc1cn(C2CC(O)C(COP(=O)(O)OCCCCCCNC(=O)c3cc4c5c(ccc4[nH]3)N(C(=O)c3cc4c6c(ccc4[nH]3)N(C(=O)c3cc4c7c(ccc4[nH]3)N(C(N)=O)CC7)CC6)CC5)O2)c(=O)[nH]c1=O. The number of unbranched alkanes of at least 4 members (excludes halogenated alkanes) is 3. The second-order valence-corrected chi connectivity index (χ2v) is 20.4. The lowest BCUT2D eigenvalue weighted by molar-refractivity contribution is -0.0465. The van der Waals surface area contributed by atoms with Crippen LogP contribution in [0.4, 0.5) is 21.9 Å². The van der Waals surface area contributed by atoms with Crippen LogP contribution >= 0.6 is 7.82 Å². The zero-order valence-electron chi connectivity index (χ0n) is 39.7. The molecule has 4 unspecified atom stereocenters. The van der Waals surface area contributed by atoms with Gasteiger partial charge in [-0.2, -0.15) is 0 Å². The van der Waals surface area contributed by atoms with Crippen molar-refractivity contribution in [1.82, 2.24) is 29.8 Å². The molecule has 3 aromatic carbocycles. The molecule has 1 saturated heterocycles. The summed E-state index contributed by atoms with van der Waals surface area (Å²) in [5, 5.41) is 16.0. The van der Waals surface area contributed by atoms with Gasteiger partial charge in [-0.3, -0.25) is 42.7 Å². The highest BCUT2D eigenvalue weighted by Gasteiger charge is 2.38. The molecule has 11 rings (SSSR count). The fourth-order valence-electron chi connectivity index (χ4n) is 10.7. The van der Waals surface area contributed by atoms with Gasteiger partial charge in [-0.1, -0.05) is 12.8 Å². The van der Waals surface area contributed by atoms with Crippen molar-refractivity contribution in [2.75, 3.05) is 54.1 Å². The molecule has 0 saturated carbocycles. The van der Waals surface area contributed by atoms with Crippen LogP contribution < -0.4 is 37.0 Å². The monoisotopic (exact) mass is 1020 g/mol. The first-order valence-corrected chi connectivity index (χ1v) is 25.8. The number of aliphatic hydroxyl groups excluding tert-OH is 1. The van der Waals surface area contributed by atoms with Crippen LogP contribution in [0.2, 0.25) is 0 Å². The lowest BCUT2D eigenvalue weighted by Gasteiger charge is -2.18. The Hall–Kier alpha value is -7.33. The molecule has 8 heterocycles. The number of urea groups is 1. The minimum absolute atomic E-state index is 0.00784. The van der Waals surface area contributed by atoms with Gasteiger partial charge in [0.05, 0.1) is 19.3 Å². The van der Waals surface area contributed by atoms with E-state index in [-0.39, 0.29) is 36.3 Å². The van der Waals surface area contributed by atoms with E-state index in [0.29, 0.717) is 88.2 Å². The summed E-state index contributed by atoms with van der Waals surface area (Å²) in [5.41, 5.74) is 13.6. The number of phosphoric ester groups is 1. The number of amides is 5. The summed E-state index contributed by atoms with van der Waals surface area (Å²) in [6.45, 7) is 2.85. The minimum Gasteiger partial charge on any atom is -0.390 e. The van der Waals surface area contributed by atoms with Gasteiger partial charge in [-0.05, 0) is 110 Å². The number of aromatic nitrogens is 5. The quantitative estimate of drug-likeness (QED) is 0.0502. The molecule has 5 amide bonds. The summed E-state index contributed by atoms with van der Waals surface area (Å²) in [6.07, 6.45) is 2.68. The maximum absolute atomic E-state index is 14.2. The molecule has 7 aromatic rings. The largest absolute Gasteiger partial charge is 0.472 e. The third kappa shape index (κ3) is 8.93. The highest BCUT2D eigenvalue weighted by Crippen LogP contribution is 2.45. The fraction of sp³-hybridized carbons (Fsp3) is 0.360. The van der Waals surface area contributed by atoms with Crippen LogP contribution in [0.15, 0.2) is 70.4 Å². The molecule has 4 atom stereocenters. The predicted octanol–water partition coefficient (Wildman–Crippen LogP) is 4.91. The second-order valence-electron chi connectivity index (χ2n) is 19.0. The summed E-state index contributed by atoms with van der Waals surface area (Å²) < 4.78 is 29.5. The summed E-state index contributed by atoms with van der Waals surface area (Å²) in [5.74, 6) is -0.615. The van der Waals surface area contributed by atoms with Gasteiger partial charge in [0.2, 0.25) is 0 Å². The van der Waals surface area contributed by atoms with Crippen LogP contribution in [0.3, 0.4) is 0 Å². The van der Waals surface area contributed by atoms with Gasteiger partial charge in [0.25, 0.3) is 23.3 Å². The number of nitrogens with zero attached hydrogens (tertiary/aromatic N) is 4. The maximum Gasteiger partial charge on any atom is 0.472 e. The Labute approximate surface area is 415 Å². The van der Waals surface area contributed by atoms with E-state index >= 15 is 0 Å². The molecule has 22 nitrogen and oxygen atoms in total. The number of fused-ring (bicyclic) bond motifs is 9. The lowest BCUT2D eigenvalue weighted by Crippen LogP contribution is -2.33. The number of H-pyrrole nitrogens is 4. The van der Waals surface area contributed by atoms with E-state index in [0.717, 1.165) is 71.0 Å². The number of anilines is 3. The molecule has 4 aliphatic heterocycles. The Morgan fingerprint density at radius 2 is 1.26 bits per heavy atom. The highest BCUT2D eigenvalue weighted by atomic mass is 31.2. The summed E-state index contributed by atoms with van der Waals surface area (Å²) in [7, 11) is -4.47. The number of phosphoric acid groups is 1. The minimum atomic E-state index is -4.47. The number of rotatable bonds is 15. The Morgan fingerprint density at radius 1 is 0.740 bits per heavy atom. The number of hydrogen-bond donors (Lipinski definition) is 8. The number of carbonyl (C=O) groups excluding carboxylic acids is 4. The molecule has 0 spiro atoms. The van der Waals surface area contributed by atoms with Gasteiger partial charge >= 0.3 is 19.5 Å². The summed E-state index contributed by atoms with van der Waals surface area (Å²) in [4.78, 5) is 105. The molecular formula is C50H53N10O12P. The van der Waals surface area contributed by atoms with Crippen LogP contribution in [0.1, 0.15) is 92.1 Å². The number of carbonyl (C=O) groups is 4. The highest BCUT2D eigenvalue weighted by molar-refractivity contribution is 7.47. The van der Waals surface area contributed by atoms with E-state index < -0.39 is 50.1 Å². The molecular weight excluding hydrogens is 964 g/mol. The molecule has 4 aromatic heterocycles. The van der Waals surface area contributed by atoms with Gasteiger partial charge in [-0.15, -0.1) is 0 Å². The van der Waals surface area contributed by atoms with Gasteiger partial charge in [0.15, 0.2) is 0 Å². The summed E-state index contributed by atoms with van der Waals surface area (Å²) in [6, 6.07) is 16.3. The van der Waals surface area contributed by atoms with Crippen LogP contribution in [0.5, 0.6) is 0 Å². The number of nitrogens with one attached hydrogen (secondary N) is 5. The zero-order chi connectivity index (χ0) is 50.9. The first-order chi connectivity index (χ1) is 35.1. The number of aromatic amines is 4. The van der Waals surface area contributed by atoms with E-state index in [9.17, 15) is 43.3 Å². The average Bonchev–Trinajstić information content (AvgIpc) is 4.23. The van der Waals surface area contributed by atoms with Crippen molar-refractivity contribution in [2.45, 2.75) is 76.7 Å². The van der Waals surface area contributed by atoms with E-state index in [4.69, 9.17) is 19.5 Å². The van der Waals surface area contributed by atoms with Crippen LogP contribution in [0, 0.1) is 6.92 Å². The number of aliphatic hydroxyl groups is 1. The van der Waals surface area contributed by atoms with Crippen molar-refractivity contribution in [3.05, 3.63) is 121 Å². The molecule has 23 heteroatoms. The molecule has 380 valence electrons. The van der Waals surface area contributed by atoms with Crippen LogP contribution in [0.25, 0.3) is 32.7 Å². The molecule has 1 fully saturated rings. The van der Waals surface area contributed by atoms with Crippen molar-refractivity contribution in [2.24, 2.45) is 5.73 Å².